The molecule has 0 atom stereocenters. The molecule has 0 spiro atoms. The van der Waals surface area contributed by atoms with Crippen molar-refractivity contribution in [2.45, 2.75) is 44.7 Å². The summed E-state index contributed by atoms with van der Waals surface area (Å²) < 4.78 is 5.42. The van der Waals surface area contributed by atoms with Gasteiger partial charge in [0.15, 0.2) is 0 Å². The largest absolute Gasteiger partial charge is 0.407 e. The van der Waals surface area contributed by atoms with E-state index in [2.05, 4.69) is 32.8 Å². The second-order valence-corrected chi connectivity index (χ2v) is 5.23. The van der Waals surface area contributed by atoms with E-state index in [1.165, 1.54) is 25.7 Å². The van der Waals surface area contributed by atoms with Gasteiger partial charge in [0.1, 0.15) is 0 Å². The SMILES string of the molecule is CNCc1nnc(NCCCN(C)C2CCCC2)o1. The normalized spacial score (nSPS) is 16.4. The molecule has 19 heavy (non-hydrogen) atoms. The lowest BCUT2D eigenvalue weighted by Gasteiger charge is -2.23. The summed E-state index contributed by atoms with van der Waals surface area (Å²) in [5, 5.41) is 14.0. The van der Waals surface area contributed by atoms with Crippen LogP contribution in [0.15, 0.2) is 4.42 Å². The Hall–Kier alpha value is -1.14. The molecule has 1 fully saturated rings. The Kier molecular flexibility index (Phi) is 5.60. The van der Waals surface area contributed by atoms with Crippen molar-refractivity contribution in [2.24, 2.45) is 0 Å². The van der Waals surface area contributed by atoms with E-state index in [1.54, 1.807) is 0 Å². The Bertz CT molecular complexity index is 362. The first-order valence-corrected chi connectivity index (χ1v) is 7.20. The van der Waals surface area contributed by atoms with Gasteiger partial charge < -0.3 is 20.0 Å². The third-order valence-corrected chi connectivity index (χ3v) is 3.71. The topological polar surface area (TPSA) is 66.2 Å². The molecule has 6 heteroatoms. The molecule has 0 unspecified atom stereocenters. The van der Waals surface area contributed by atoms with Crippen molar-refractivity contribution in [1.82, 2.24) is 20.4 Å². The number of nitrogens with zero attached hydrogens (tertiary/aromatic N) is 3. The maximum Gasteiger partial charge on any atom is 0.315 e. The number of aromatic nitrogens is 2. The minimum atomic E-state index is 0.522. The molecule has 1 aliphatic carbocycles. The van der Waals surface area contributed by atoms with E-state index < -0.39 is 0 Å². The third kappa shape index (κ3) is 4.47. The summed E-state index contributed by atoms with van der Waals surface area (Å²) in [4.78, 5) is 2.48. The van der Waals surface area contributed by atoms with E-state index in [1.807, 2.05) is 7.05 Å². The van der Waals surface area contributed by atoms with Crippen LogP contribution in [-0.4, -0.2) is 48.3 Å². The molecule has 0 aromatic carbocycles. The predicted molar refractivity (Wildman–Crippen MR) is 75.1 cm³/mol. The molecule has 0 aliphatic heterocycles. The summed E-state index contributed by atoms with van der Waals surface area (Å²) in [5.74, 6) is 0.619. The lowest BCUT2D eigenvalue weighted by Crippen LogP contribution is -2.30. The van der Waals surface area contributed by atoms with Gasteiger partial charge in [0, 0.05) is 12.6 Å². The molecule has 1 saturated carbocycles. The van der Waals surface area contributed by atoms with Crippen LogP contribution in [0.25, 0.3) is 0 Å². The van der Waals surface area contributed by atoms with Gasteiger partial charge in [-0.1, -0.05) is 17.9 Å². The van der Waals surface area contributed by atoms with Gasteiger partial charge in [0.2, 0.25) is 5.89 Å². The Morgan fingerprint density at radius 3 is 2.84 bits per heavy atom. The van der Waals surface area contributed by atoms with Crippen molar-refractivity contribution in [2.75, 3.05) is 32.5 Å². The second kappa shape index (κ2) is 7.45. The summed E-state index contributed by atoms with van der Waals surface area (Å²) in [6.07, 6.45) is 6.60. The van der Waals surface area contributed by atoms with Crippen LogP contribution in [0.4, 0.5) is 6.01 Å². The van der Waals surface area contributed by atoms with Gasteiger partial charge in [-0.3, -0.25) is 0 Å². The number of hydrogen-bond acceptors (Lipinski definition) is 6. The van der Waals surface area contributed by atoms with Crippen molar-refractivity contribution in [3.05, 3.63) is 5.89 Å². The lowest BCUT2D eigenvalue weighted by atomic mass is 10.2. The van der Waals surface area contributed by atoms with Crippen molar-refractivity contribution >= 4 is 6.01 Å². The highest BCUT2D eigenvalue weighted by atomic mass is 16.4. The number of anilines is 1. The average molecular weight is 267 g/mol. The predicted octanol–water partition coefficient (Wildman–Crippen LogP) is 1.47. The van der Waals surface area contributed by atoms with Gasteiger partial charge in [0.25, 0.3) is 0 Å². The highest BCUT2D eigenvalue weighted by Crippen LogP contribution is 2.22. The van der Waals surface area contributed by atoms with Gasteiger partial charge >= 0.3 is 6.01 Å². The number of rotatable bonds is 8. The van der Waals surface area contributed by atoms with E-state index in [0.29, 0.717) is 18.5 Å². The first-order chi connectivity index (χ1) is 9.29. The Morgan fingerprint density at radius 1 is 1.32 bits per heavy atom. The van der Waals surface area contributed by atoms with Gasteiger partial charge in [-0.2, -0.15) is 0 Å². The fourth-order valence-electron chi connectivity index (χ4n) is 2.60. The van der Waals surface area contributed by atoms with E-state index in [-0.39, 0.29) is 0 Å². The molecule has 0 saturated heterocycles. The molecule has 1 aliphatic rings. The van der Waals surface area contributed by atoms with Crippen LogP contribution in [0.5, 0.6) is 0 Å². The van der Waals surface area contributed by atoms with E-state index in [4.69, 9.17) is 4.42 Å². The van der Waals surface area contributed by atoms with Crippen molar-refractivity contribution < 1.29 is 4.42 Å². The molecular formula is C13H25N5O. The number of hydrogen-bond donors (Lipinski definition) is 2. The standard InChI is InChI=1S/C13H25N5O/c1-14-10-12-16-17-13(19-12)15-8-5-9-18(2)11-6-3-4-7-11/h11,14H,3-10H2,1-2H3,(H,15,17). The van der Waals surface area contributed by atoms with Crippen LogP contribution in [0.2, 0.25) is 0 Å². The van der Waals surface area contributed by atoms with Gasteiger partial charge in [-0.05, 0) is 39.9 Å². The quantitative estimate of drug-likeness (QED) is 0.695. The van der Waals surface area contributed by atoms with Crippen LogP contribution < -0.4 is 10.6 Å². The lowest BCUT2D eigenvalue weighted by molar-refractivity contribution is 0.245. The van der Waals surface area contributed by atoms with Crippen molar-refractivity contribution in [3.8, 4) is 0 Å². The fraction of sp³-hybridized carbons (Fsp3) is 0.846. The Labute approximate surface area is 115 Å². The summed E-state index contributed by atoms with van der Waals surface area (Å²) >= 11 is 0. The van der Waals surface area contributed by atoms with Crippen LogP contribution in [0, 0.1) is 0 Å². The van der Waals surface area contributed by atoms with Crippen LogP contribution >= 0.6 is 0 Å². The van der Waals surface area contributed by atoms with E-state index in [9.17, 15) is 0 Å². The fourth-order valence-corrected chi connectivity index (χ4v) is 2.60. The average Bonchev–Trinajstić information content (AvgIpc) is 3.06. The molecule has 0 radical (unpaired) electrons. The van der Waals surface area contributed by atoms with Crippen LogP contribution in [-0.2, 0) is 6.54 Å². The minimum absolute atomic E-state index is 0.522. The molecule has 1 heterocycles. The Morgan fingerprint density at radius 2 is 2.11 bits per heavy atom. The smallest absolute Gasteiger partial charge is 0.315 e. The zero-order chi connectivity index (χ0) is 13.5. The molecule has 6 nitrogen and oxygen atoms in total. The molecule has 0 amide bonds. The highest BCUT2D eigenvalue weighted by Gasteiger charge is 2.18. The molecule has 108 valence electrons. The van der Waals surface area contributed by atoms with Crippen LogP contribution in [0.3, 0.4) is 0 Å². The summed E-state index contributed by atoms with van der Waals surface area (Å²) in [6.45, 7) is 2.60. The third-order valence-electron chi connectivity index (χ3n) is 3.71. The summed E-state index contributed by atoms with van der Waals surface area (Å²) in [6, 6.07) is 1.32. The van der Waals surface area contributed by atoms with Crippen molar-refractivity contribution in [3.63, 3.8) is 0 Å². The monoisotopic (exact) mass is 267 g/mol. The van der Waals surface area contributed by atoms with Gasteiger partial charge in [-0.15, -0.1) is 5.10 Å². The first kappa shape index (κ1) is 14.3. The minimum Gasteiger partial charge on any atom is -0.407 e. The summed E-state index contributed by atoms with van der Waals surface area (Å²) in [7, 11) is 4.09. The van der Waals surface area contributed by atoms with Gasteiger partial charge in [0.05, 0.1) is 6.54 Å². The number of nitrogens with one attached hydrogen (secondary N) is 2. The van der Waals surface area contributed by atoms with Crippen LogP contribution in [0.1, 0.15) is 38.0 Å². The highest BCUT2D eigenvalue weighted by molar-refractivity contribution is 5.16. The molecule has 2 rings (SSSR count). The second-order valence-electron chi connectivity index (χ2n) is 5.23. The maximum atomic E-state index is 5.42. The Balaban J connectivity index is 1.60. The van der Waals surface area contributed by atoms with E-state index in [0.717, 1.165) is 25.6 Å². The zero-order valence-corrected chi connectivity index (χ0v) is 12.0. The molecule has 1 aromatic rings. The van der Waals surface area contributed by atoms with E-state index >= 15 is 0 Å². The molecular weight excluding hydrogens is 242 g/mol. The first-order valence-electron chi connectivity index (χ1n) is 7.20. The maximum absolute atomic E-state index is 5.42. The molecule has 1 aromatic heterocycles. The molecule has 0 bridgehead atoms. The summed E-state index contributed by atoms with van der Waals surface area (Å²) in [5.41, 5.74) is 0. The van der Waals surface area contributed by atoms with Gasteiger partial charge in [-0.25, -0.2) is 0 Å². The zero-order valence-electron chi connectivity index (χ0n) is 12.0. The van der Waals surface area contributed by atoms with Crippen molar-refractivity contribution in [1.29, 1.82) is 0 Å². The molecule has 2 N–H and O–H groups in total.